The summed E-state index contributed by atoms with van der Waals surface area (Å²) < 4.78 is 38.3. The summed E-state index contributed by atoms with van der Waals surface area (Å²) in [6.07, 6.45) is 1.88. The molecule has 0 spiro atoms. The monoisotopic (exact) mass is 547 g/mol. The van der Waals surface area contributed by atoms with Gasteiger partial charge in [0, 0.05) is 46.8 Å². The Hall–Kier alpha value is -2.50. The average molecular weight is 548 g/mol. The van der Waals surface area contributed by atoms with E-state index in [1.54, 1.807) is 45.0 Å². The molecule has 0 aromatic heterocycles. The fraction of sp³-hybridized carbons (Fsp3) is 0.536. The highest BCUT2D eigenvalue weighted by atomic mass is 32.2. The number of hydrogen-bond acceptors (Lipinski definition) is 7. The van der Waals surface area contributed by atoms with Gasteiger partial charge < -0.3 is 24.4 Å². The highest BCUT2D eigenvalue weighted by Crippen LogP contribution is 2.27. The summed E-state index contributed by atoms with van der Waals surface area (Å²) in [4.78, 5) is 16.8. The SMILES string of the molecule is COc1cc(C)c(S(=O)(=O)N(C)CCOCC(=O)N(C)Cc2ccc3c(c2)CCN(CCO)CC3)c(C)c1. The van der Waals surface area contributed by atoms with Crippen molar-refractivity contribution in [2.75, 3.05) is 67.2 Å². The van der Waals surface area contributed by atoms with E-state index in [9.17, 15) is 18.3 Å². The molecule has 3 rings (SSSR count). The third kappa shape index (κ3) is 7.54. The number of fused-ring (bicyclic) bond motifs is 1. The molecule has 0 fully saturated rings. The lowest BCUT2D eigenvalue weighted by Gasteiger charge is -2.21. The topological polar surface area (TPSA) is 99.6 Å². The number of aliphatic hydroxyl groups is 1. The van der Waals surface area contributed by atoms with E-state index in [4.69, 9.17) is 9.47 Å². The number of aryl methyl sites for hydroxylation is 2. The van der Waals surface area contributed by atoms with Crippen LogP contribution in [0.3, 0.4) is 0 Å². The summed E-state index contributed by atoms with van der Waals surface area (Å²) >= 11 is 0. The van der Waals surface area contributed by atoms with Crippen molar-refractivity contribution in [2.24, 2.45) is 0 Å². The predicted molar refractivity (Wildman–Crippen MR) is 147 cm³/mol. The van der Waals surface area contributed by atoms with E-state index in [2.05, 4.69) is 23.1 Å². The maximum Gasteiger partial charge on any atom is 0.248 e. The molecule has 1 N–H and O–H groups in total. The second kappa shape index (κ2) is 13.5. The number of carbonyl (C=O) groups excluding carboxylic acids is 1. The Labute approximate surface area is 227 Å². The van der Waals surface area contributed by atoms with Gasteiger partial charge in [0.25, 0.3) is 0 Å². The van der Waals surface area contributed by atoms with Gasteiger partial charge in [-0.2, -0.15) is 4.31 Å². The number of amides is 1. The van der Waals surface area contributed by atoms with Crippen LogP contribution in [0.1, 0.15) is 27.8 Å². The fourth-order valence-electron chi connectivity index (χ4n) is 4.82. The second-order valence-electron chi connectivity index (χ2n) is 9.89. The smallest absolute Gasteiger partial charge is 0.248 e. The van der Waals surface area contributed by atoms with Gasteiger partial charge in [-0.25, -0.2) is 8.42 Å². The van der Waals surface area contributed by atoms with E-state index in [1.807, 2.05) is 0 Å². The maximum atomic E-state index is 13.1. The Balaban J connectivity index is 1.48. The van der Waals surface area contributed by atoms with Gasteiger partial charge in [-0.15, -0.1) is 0 Å². The van der Waals surface area contributed by atoms with E-state index in [0.29, 0.717) is 30.0 Å². The van der Waals surface area contributed by atoms with Crippen LogP contribution < -0.4 is 4.74 Å². The lowest BCUT2D eigenvalue weighted by Crippen LogP contribution is -2.33. The maximum absolute atomic E-state index is 13.1. The molecule has 1 heterocycles. The van der Waals surface area contributed by atoms with E-state index in [-0.39, 0.29) is 37.2 Å². The molecule has 0 bridgehead atoms. The molecule has 1 aliphatic heterocycles. The summed E-state index contributed by atoms with van der Waals surface area (Å²) in [5, 5.41) is 9.22. The highest BCUT2D eigenvalue weighted by Gasteiger charge is 2.25. The van der Waals surface area contributed by atoms with Crippen LogP contribution in [0.15, 0.2) is 35.2 Å². The zero-order chi connectivity index (χ0) is 27.9. The molecule has 0 radical (unpaired) electrons. The number of ether oxygens (including phenoxy) is 2. The minimum absolute atomic E-state index is 0.104. The van der Waals surface area contributed by atoms with E-state index in [1.165, 1.54) is 22.5 Å². The minimum atomic E-state index is -3.71. The number of rotatable bonds is 12. The van der Waals surface area contributed by atoms with Gasteiger partial charge in [0.2, 0.25) is 15.9 Å². The molecule has 1 aliphatic rings. The van der Waals surface area contributed by atoms with Gasteiger partial charge in [0.1, 0.15) is 12.4 Å². The van der Waals surface area contributed by atoms with Gasteiger partial charge in [-0.1, -0.05) is 18.2 Å². The average Bonchev–Trinajstić information content (AvgIpc) is 3.07. The lowest BCUT2D eigenvalue weighted by atomic mass is 10.00. The number of sulfonamides is 1. The Bertz CT molecular complexity index is 1190. The van der Waals surface area contributed by atoms with Gasteiger partial charge in [-0.05, 0) is 66.6 Å². The summed E-state index contributed by atoms with van der Waals surface area (Å²) in [6.45, 7) is 6.81. The first-order valence-corrected chi connectivity index (χ1v) is 14.4. The number of nitrogens with zero attached hydrogens (tertiary/aromatic N) is 3. The van der Waals surface area contributed by atoms with E-state index in [0.717, 1.165) is 31.5 Å². The molecule has 0 aliphatic carbocycles. The zero-order valence-electron chi connectivity index (χ0n) is 23.2. The third-order valence-electron chi connectivity index (χ3n) is 7.04. The largest absolute Gasteiger partial charge is 0.497 e. The third-order valence-corrected chi connectivity index (χ3v) is 9.20. The number of likely N-dealkylation sites (N-methyl/N-ethyl adjacent to an activating group) is 2. The number of aliphatic hydroxyl groups excluding tert-OH is 1. The Morgan fingerprint density at radius 2 is 1.71 bits per heavy atom. The first kappa shape index (κ1) is 30.0. The number of benzene rings is 2. The molecule has 9 nitrogen and oxygen atoms in total. The normalized spacial score (nSPS) is 14.3. The van der Waals surface area contributed by atoms with Crippen molar-refractivity contribution in [2.45, 2.75) is 38.1 Å². The van der Waals surface area contributed by atoms with Crippen LogP contribution in [0.4, 0.5) is 0 Å². The van der Waals surface area contributed by atoms with Crippen LogP contribution in [-0.4, -0.2) is 101 Å². The number of methoxy groups -OCH3 is 1. The molecule has 38 heavy (non-hydrogen) atoms. The van der Waals surface area contributed by atoms with Crippen LogP contribution >= 0.6 is 0 Å². The van der Waals surface area contributed by atoms with Crippen molar-refractivity contribution in [3.8, 4) is 5.75 Å². The van der Waals surface area contributed by atoms with Gasteiger partial charge in [0.15, 0.2) is 0 Å². The molecule has 210 valence electrons. The quantitative estimate of drug-likeness (QED) is 0.406. The molecule has 0 atom stereocenters. The molecule has 1 amide bonds. The van der Waals surface area contributed by atoms with Crippen molar-refractivity contribution < 1.29 is 27.8 Å². The molecule has 0 saturated carbocycles. The lowest BCUT2D eigenvalue weighted by molar-refractivity contribution is -0.135. The molecule has 2 aromatic carbocycles. The molecule has 0 unspecified atom stereocenters. The van der Waals surface area contributed by atoms with Crippen LogP contribution in [0.2, 0.25) is 0 Å². The highest BCUT2D eigenvalue weighted by molar-refractivity contribution is 7.89. The molecule has 2 aromatic rings. The van der Waals surface area contributed by atoms with Crippen molar-refractivity contribution >= 4 is 15.9 Å². The fourth-order valence-corrected chi connectivity index (χ4v) is 6.38. The predicted octanol–water partition coefficient (Wildman–Crippen LogP) is 2.00. The summed E-state index contributed by atoms with van der Waals surface area (Å²) in [7, 11) is 1.09. The van der Waals surface area contributed by atoms with Crippen molar-refractivity contribution in [3.63, 3.8) is 0 Å². The van der Waals surface area contributed by atoms with Crippen LogP contribution in [0.5, 0.6) is 5.75 Å². The zero-order valence-corrected chi connectivity index (χ0v) is 24.0. The molecule has 10 heteroatoms. The van der Waals surface area contributed by atoms with Crippen LogP contribution in [0, 0.1) is 13.8 Å². The van der Waals surface area contributed by atoms with Crippen molar-refractivity contribution in [1.29, 1.82) is 0 Å². The van der Waals surface area contributed by atoms with Crippen LogP contribution in [0.25, 0.3) is 0 Å². The number of hydrogen-bond donors (Lipinski definition) is 1. The minimum Gasteiger partial charge on any atom is -0.497 e. The Morgan fingerprint density at radius 3 is 2.34 bits per heavy atom. The van der Waals surface area contributed by atoms with Crippen molar-refractivity contribution in [3.05, 3.63) is 58.1 Å². The summed E-state index contributed by atoms with van der Waals surface area (Å²) in [5.41, 5.74) is 4.92. The molecule has 0 saturated heterocycles. The van der Waals surface area contributed by atoms with E-state index < -0.39 is 10.0 Å². The van der Waals surface area contributed by atoms with Gasteiger partial charge in [-0.3, -0.25) is 4.79 Å². The van der Waals surface area contributed by atoms with E-state index >= 15 is 0 Å². The Morgan fingerprint density at radius 1 is 1.05 bits per heavy atom. The second-order valence-corrected chi connectivity index (χ2v) is 11.9. The van der Waals surface area contributed by atoms with Gasteiger partial charge in [0.05, 0.1) is 25.2 Å². The standard InChI is InChI=1S/C28H41N3O6S/c1-21-16-26(36-5)17-22(2)28(21)38(34,35)30(4)13-15-37-20-27(33)29(3)19-23-6-7-24-8-10-31(12-14-32)11-9-25(24)18-23/h6-7,16-18,32H,8-15,19-20H2,1-5H3. The summed E-state index contributed by atoms with van der Waals surface area (Å²) in [6, 6.07) is 9.79. The molecular weight excluding hydrogens is 506 g/mol. The molecular formula is C28H41N3O6S. The summed E-state index contributed by atoms with van der Waals surface area (Å²) in [5.74, 6) is 0.449. The number of carbonyl (C=O) groups is 1. The first-order chi connectivity index (χ1) is 18.1. The van der Waals surface area contributed by atoms with Crippen molar-refractivity contribution in [1.82, 2.24) is 14.1 Å². The number of β-amino-alcohol motifs (C(OH)–C–C–N with tert-alkyl or cyclic N) is 1. The first-order valence-electron chi connectivity index (χ1n) is 12.9. The Kier molecular flexibility index (Phi) is 10.7. The van der Waals surface area contributed by atoms with Gasteiger partial charge >= 0.3 is 0 Å². The van der Waals surface area contributed by atoms with Crippen LogP contribution in [-0.2, 0) is 38.9 Å².